The van der Waals surface area contributed by atoms with Crippen molar-refractivity contribution >= 4 is 5.91 Å². The molecule has 0 aliphatic carbocycles. The predicted octanol–water partition coefficient (Wildman–Crippen LogP) is 1.27. The highest BCUT2D eigenvalue weighted by Crippen LogP contribution is 2.28. The van der Waals surface area contributed by atoms with E-state index in [1.165, 1.54) is 16.3 Å². The number of aryl methyl sites for hydroxylation is 1. The number of benzene rings is 1. The van der Waals surface area contributed by atoms with Crippen LogP contribution in [0.3, 0.4) is 0 Å². The maximum absolute atomic E-state index is 12.7. The lowest BCUT2D eigenvalue weighted by Crippen LogP contribution is -2.38. The first-order valence-corrected chi connectivity index (χ1v) is 9.03. The molecule has 0 radical (unpaired) electrons. The van der Waals surface area contributed by atoms with E-state index < -0.39 is 5.69 Å². The average molecular weight is 363 g/mol. The third kappa shape index (κ3) is 3.40. The van der Waals surface area contributed by atoms with Crippen molar-refractivity contribution in [2.45, 2.75) is 19.4 Å². The Bertz CT molecular complexity index is 1020. The molecule has 7 heteroatoms. The van der Waals surface area contributed by atoms with Gasteiger partial charge < -0.3 is 4.90 Å². The highest BCUT2D eigenvalue weighted by atomic mass is 16.2. The van der Waals surface area contributed by atoms with Crippen molar-refractivity contribution in [3.63, 3.8) is 0 Å². The second-order valence-electron chi connectivity index (χ2n) is 6.67. The quantitative estimate of drug-likeness (QED) is 0.703. The summed E-state index contributed by atoms with van der Waals surface area (Å²) >= 11 is 0. The zero-order valence-electron chi connectivity index (χ0n) is 15.2. The number of fused-ring (bicyclic) bond motifs is 1. The monoisotopic (exact) mass is 363 g/mol. The number of amides is 1. The summed E-state index contributed by atoms with van der Waals surface area (Å²) in [7, 11) is 1.97. The van der Waals surface area contributed by atoms with E-state index in [0.717, 1.165) is 23.4 Å². The van der Waals surface area contributed by atoms with Crippen LogP contribution in [0.15, 0.2) is 53.6 Å². The van der Waals surface area contributed by atoms with E-state index in [9.17, 15) is 9.59 Å². The van der Waals surface area contributed by atoms with Crippen LogP contribution in [0, 0.1) is 0 Å². The fourth-order valence-corrected chi connectivity index (χ4v) is 3.65. The second-order valence-corrected chi connectivity index (χ2v) is 6.67. The molecule has 3 heterocycles. The minimum atomic E-state index is -0.405. The first-order chi connectivity index (χ1) is 13.1. The topological polar surface area (TPSA) is 73.0 Å². The molecule has 0 saturated carbocycles. The molecule has 1 aliphatic heterocycles. The highest BCUT2D eigenvalue weighted by molar-refractivity contribution is 5.76. The molecule has 7 nitrogen and oxygen atoms in total. The lowest BCUT2D eigenvalue weighted by molar-refractivity contribution is -0.131. The Morgan fingerprint density at radius 2 is 1.89 bits per heavy atom. The van der Waals surface area contributed by atoms with Crippen molar-refractivity contribution in [3.8, 4) is 11.3 Å². The summed E-state index contributed by atoms with van der Waals surface area (Å²) in [6.45, 7) is 1.24. The summed E-state index contributed by atoms with van der Waals surface area (Å²) in [6, 6.07) is 11.9. The standard InChI is InChI=1S/C20H21N5O2/c1-23-19(15-6-3-2-4-7-15)16-8-12-24(13-9-17(16)22-23)18(26)14-25-11-5-10-21-20(25)27/h2-7,10-11H,8-9,12-14H2,1H3. The fraction of sp³-hybridized carbons (Fsp3) is 0.300. The summed E-state index contributed by atoms with van der Waals surface area (Å²) in [5.74, 6) is -0.0686. The molecular formula is C20H21N5O2. The van der Waals surface area contributed by atoms with Gasteiger partial charge in [0.15, 0.2) is 0 Å². The van der Waals surface area contributed by atoms with Gasteiger partial charge in [-0.05, 0) is 12.5 Å². The van der Waals surface area contributed by atoms with Gasteiger partial charge >= 0.3 is 5.69 Å². The number of hydrogen-bond donors (Lipinski definition) is 0. The van der Waals surface area contributed by atoms with Crippen LogP contribution in [0.5, 0.6) is 0 Å². The SMILES string of the molecule is Cn1nc2c(c1-c1ccccc1)CCN(C(=O)Cn1cccnc1=O)CC2. The smallest absolute Gasteiger partial charge is 0.340 e. The van der Waals surface area contributed by atoms with Crippen molar-refractivity contribution in [3.05, 3.63) is 70.5 Å². The number of carbonyl (C=O) groups is 1. The highest BCUT2D eigenvalue weighted by Gasteiger charge is 2.24. The molecule has 1 aliphatic rings. The molecule has 0 N–H and O–H groups in total. The summed E-state index contributed by atoms with van der Waals surface area (Å²) in [5.41, 5.74) is 4.10. The van der Waals surface area contributed by atoms with E-state index in [0.29, 0.717) is 19.5 Å². The molecule has 0 fully saturated rings. The fourth-order valence-electron chi connectivity index (χ4n) is 3.65. The number of rotatable bonds is 3. The summed E-state index contributed by atoms with van der Waals surface area (Å²) in [5, 5.41) is 4.69. The molecular weight excluding hydrogens is 342 g/mol. The number of carbonyl (C=O) groups excluding carboxylic acids is 1. The molecule has 4 rings (SSSR count). The van der Waals surface area contributed by atoms with Gasteiger partial charge in [0.2, 0.25) is 5.91 Å². The third-order valence-electron chi connectivity index (χ3n) is 4.97. The van der Waals surface area contributed by atoms with Gasteiger partial charge in [-0.3, -0.25) is 14.0 Å². The molecule has 0 spiro atoms. The molecule has 0 saturated heterocycles. The summed E-state index contributed by atoms with van der Waals surface area (Å²) in [4.78, 5) is 29.9. The van der Waals surface area contributed by atoms with Gasteiger partial charge in [0.1, 0.15) is 6.54 Å². The zero-order valence-corrected chi connectivity index (χ0v) is 15.2. The first-order valence-electron chi connectivity index (χ1n) is 9.03. The molecule has 2 aromatic heterocycles. The van der Waals surface area contributed by atoms with Gasteiger partial charge in [-0.15, -0.1) is 0 Å². The first kappa shape index (κ1) is 17.2. The molecule has 1 amide bonds. The molecule has 138 valence electrons. The zero-order chi connectivity index (χ0) is 18.8. The van der Waals surface area contributed by atoms with Crippen LogP contribution in [0.2, 0.25) is 0 Å². The normalized spacial score (nSPS) is 13.9. The van der Waals surface area contributed by atoms with E-state index in [1.807, 2.05) is 34.8 Å². The minimum absolute atomic E-state index is 0.0175. The number of hydrogen-bond acceptors (Lipinski definition) is 4. The number of nitrogens with zero attached hydrogens (tertiary/aromatic N) is 5. The summed E-state index contributed by atoms with van der Waals surface area (Å²) < 4.78 is 3.28. The third-order valence-corrected chi connectivity index (χ3v) is 4.97. The van der Waals surface area contributed by atoms with Crippen molar-refractivity contribution in [2.75, 3.05) is 13.1 Å². The van der Waals surface area contributed by atoms with Crippen LogP contribution in [-0.4, -0.2) is 43.2 Å². The average Bonchev–Trinajstić information content (AvgIpc) is 2.85. The number of aromatic nitrogens is 4. The van der Waals surface area contributed by atoms with Gasteiger partial charge in [0.05, 0.1) is 11.4 Å². The van der Waals surface area contributed by atoms with Crippen molar-refractivity contribution in [1.82, 2.24) is 24.2 Å². The molecule has 0 bridgehead atoms. The van der Waals surface area contributed by atoms with Gasteiger partial charge in [-0.25, -0.2) is 9.78 Å². The van der Waals surface area contributed by atoms with E-state index in [1.54, 1.807) is 12.3 Å². The molecule has 1 aromatic carbocycles. The van der Waals surface area contributed by atoms with Crippen molar-refractivity contribution < 1.29 is 4.79 Å². The Labute approximate surface area is 156 Å². The van der Waals surface area contributed by atoms with E-state index in [4.69, 9.17) is 5.10 Å². The largest absolute Gasteiger partial charge is 0.347 e. The maximum atomic E-state index is 12.7. The Morgan fingerprint density at radius 1 is 1.11 bits per heavy atom. The van der Waals surface area contributed by atoms with Crippen LogP contribution >= 0.6 is 0 Å². The lowest BCUT2D eigenvalue weighted by atomic mass is 10.0. The maximum Gasteiger partial charge on any atom is 0.347 e. The van der Waals surface area contributed by atoms with Crippen LogP contribution in [-0.2, 0) is 31.2 Å². The van der Waals surface area contributed by atoms with E-state index in [2.05, 4.69) is 17.1 Å². The van der Waals surface area contributed by atoms with E-state index in [-0.39, 0.29) is 12.5 Å². The van der Waals surface area contributed by atoms with Crippen LogP contribution in [0.4, 0.5) is 0 Å². The second kappa shape index (κ2) is 7.19. The molecule has 0 atom stereocenters. The van der Waals surface area contributed by atoms with Gasteiger partial charge in [-0.2, -0.15) is 5.10 Å². The van der Waals surface area contributed by atoms with Crippen LogP contribution in [0.25, 0.3) is 11.3 Å². The van der Waals surface area contributed by atoms with E-state index >= 15 is 0 Å². The molecule has 27 heavy (non-hydrogen) atoms. The Kier molecular flexibility index (Phi) is 4.58. The Hall–Kier alpha value is -3.22. The predicted molar refractivity (Wildman–Crippen MR) is 101 cm³/mol. The van der Waals surface area contributed by atoms with Crippen molar-refractivity contribution in [1.29, 1.82) is 0 Å². The van der Waals surface area contributed by atoms with Crippen LogP contribution < -0.4 is 5.69 Å². The Morgan fingerprint density at radius 3 is 2.67 bits per heavy atom. The summed E-state index contributed by atoms with van der Waals surface area (Å²) in [6.07, 6.45) is 4.49. The van der Waals surface area contributed by atoms with Gasteiger partial charge in [-0.1, -0.05) is 30.3 Å². The molecule has 3 aromatic rings. The molecule has 0 unspecified atom stereocenters. The van der Waals surface area contributed by atoms with Gasteiger partial charge in [0, 0.05) is 50.1 Å². The Balaban J connectivity index is 1.54. The van der Waals surface area contributed by atoms with Crippen molar-refractivity contribution in [2.24, 2.45) is 7.05 Å². The van der Waals surface area contributed by atoms with Crippen LogP contribution in [0.1, 0.15) is 11.3 Å². The minimum Gasteiger partial charge on any atom is -0.340 e. The lowest BCUT2D eigenvalue weighted by Gasteiger charge is -2.20. The van der Waals surface area contributed by atoms with Gasteiger partial charge in [0.25, 0.3) is 0 Å².